The number of ether oxygens (including phenoxy) is 2. The number of carbonyl (C=O) groups excluding carboxylic acids is 2. The molecule has 0 bridgehead atoms. The molecule has 1 heterocycles. The second kappa shape index (κ2) is 9.13. The number of hydrogen-bond acceptors (Lipinski definition) is 5. The number of anilines is 1. The lowest BCUT2D eigenvalue weighted by Crippen LogP contribution is -2.42. The van der Waals surface area contributed by atoms with E-state index in [-0.39, 0.29) is 18.4 Å². The number of amides is 2. The third-order valence-electron chi connectivity index (χ3n) is 4.73. The van der Waals surface area contributed by atoms with Crippen molar-refractivity contribution in [1.29, 1.82) is 0 Å². The first kappa shape index (κ1) is 20.2. The van der Waals surface area contributed by atoms with Crippen LogP contribution in [0.5, 0.6) is 11.5 Å². The fourth-order valence-electron chi connectivity index (χ4n) is 3.01. The third-order valence-corrected chi connectivity index (χ3v) is 4.73. The smallest absolute Gasteiger partial charge is 0.284 e. The molecule has 156 valence electrons. The Balaban J connectivity index is 1.34. The quantitative estimate of drug-likeness (QED) is 0.492. The summed E-state index contributed by atoms with van der Waals surface area (Å²) in [6.45, 7) is 1.90. The fourth-order valence-corrected chi connectivity index (χ4v) is 3.01. The largest absolute Gasteiger partial charge is 0.485 e. The van der Waals surface area contributed by atoms with Crippen molar-refractivity contribution in [1.82, 2.24) is 5.43 Å². The lowest BCUT2D eigenvalue weighted by Gasteiger charge is -2.24. The van der Waals surface area contributed by atoms with Crippen LogP contribution in [0.4, 0.5) is 5.69 Å². The van der Waals surface area contributed by atoms with Gasteiger partial charge in [-0.1, -0.05) is 42.5 Å². The molecular weight excluding hydrogens is 394 g/mol. The number of nitrogens with one attached hydrogen (secondary N) is 2. The monoisotopic (exact) mass is 415 g/mol. The van der Waals surface area contributed by atoms with E-state index in [9.17, 15) is 9.59 Å². The molecule has 0 spiro atoms. The molecule has 1 aliphatic rings. The van der Waals surface area contributed by atoms with Gasteiger partial charge >= 0.3 is 0 Å². The summed E-state index contributed by atoms with van der Waals surface area (Å²) in [6.07, 6.45) is -0.776. The van der Waals surface area contributed by atoms with Gasteiger partial charge in [-0.15, -0.1) is 0 Å². The zero-order valence-corrected chi connectivity index (χ0v) is 16.9. The van der Waals surface area contributed by atoms with Gasteiger partial charge in [-0.2, -0.15) is 5.10 Å². The van der Waals surface area contributed by atoms with Crippen LogP contribution in [0, 0.1) is 0 Å². The van der Waals surface area contributed by atoms with E-state index in [1.165, 1.54) is 0 Å². The molecule has 0 saturated heterocycles. The highest BCUT2D eigenvalue weighted by molar-refractivity contribution is 6.05. The van der Waals surface area contributed by atoms with Crippen LogP contribution < -0.4 is 20.2 Å². The van der Waals surface area contributed by atoms with Gasteiger partial charge in [-0.05, 0) is 48.9 Å². The van der Waals surface area contributed by atoms with E-state index in [4.69, 9.17) is 9.47 Å². The van der Waals surface area contributed by atoms with E-state index in [1.807, 2.05) is 42.5 Å². The lowest BCUT2D eigenvalue weighted by molar-refractivity contribution is -0.130. The SMILES string of the molecule is C/C(=N/NC(=O)[C@@H]1COc2ccccc2O1)c1ccc(NC(=O)c2ccccc2)cc1. The summed E-state index contributed by atoms with van der Waals surface area (Å²) in [5.41, 5.74) is 5.20. The van der Waals surface area contributed by atoms with Crippen molar-refractivity contribution >= 4 is 23.2 Å². The number of hydrazone groups is 1. The van der Waals surface area contributed by atoms with Gasteiger partial charge in [0.15, 0.2) is 11.5 Å². The predicted octanol–water partition coefficient (Wildman–Crippen LogP) is 3.62. The summed E-state index contributed by atoms with van der Waals surface area (Å²) >= 11 is 0. The summed E-state index contributed by atoms with van der Waals surface area (Å²) in [7, 11) is 0. The third kappa shape index (κ3) is 4.90. The van der Waals surface area contributed by atoms with Crippen LogP contribution in [0.15, 0.2) is 84.0 Å². The van der Waals surface area contributed by atoms with Gasteiger partial charge in [0.25, 0.3) is 11.8 Å². The van der Waals surface area contributed by atoms with Crippen LogP contribution in [-0.2, 0) is 4.79 Å². The summed E-state index contributed by atoms with van der Waals surface area (Å²) in [5.74, 6) is 0.580. The Morgan fingerprint density at radius 2 is 1.55 bits per heavy atom. The zero-order valence-electron chi connectivity index (χ0n) is 16.9. The molecule has 0 saturated carbocycles. The minimum absolute atomic E-state index is 0.118. The van der Waals surface area contributed by atoms with E-state index in [0.717, 1.165) is 5.56 Å². The Hall–Kier alpha value is -4.13. The molecule has 0 aromatic heterocycles. The second-order valence-electron chi connectivity index (χ2n) is 6.93. The molecule has 7 heteroatoms. The lowest BCUT2D eigenvalue weighted by atomic mass is 10.1. The zero-order chi connectivity index (χ0) is 21.6. The van der Waals surface area contributed by atoms with Gasteiger partial charge in [0, 0.05) is 11.3 Å². The van der Waals surface area contributed by atoms with Crippen molar-refractivity contribution in [3.05, 3.63) is 90.0 Å². The average molecular weight is 415 g/mol. The van der Waals surface area contributed by atoms with Crippen molar-refractivity contribution in [3.63, 3.8) is 0 Å². The Morgan fingerprint density at radius 3 is 2.29 bits per heavy atom. The first-order valence-electron chi connectivity index (χ1n) is 9.79. The molecule has 0 aliphatic carbocycles. The number of benzene rings is 3. The van der Waals surface area contributed by atoms with Crippen molar-refractivity contribution in [2.75, 3.05) is 11.9 Å². The topological polar surface area (TPSA) is 89.0 Å². The van der Waals surface area contributed by atoms with E-state index >= 15 is 0 Å². The molecular formula is C24H21N3O4. The van der Waals surface area contributed by atoms with Crippen LogP contribution in [0.25, 0.3) is 0 Å². The maximum Gasteiger partial charge on any atom is 0.284 e. The van der Waals surface area contributed by atoms with Crippen molar-refractivity contribution < 1.29 is 19.1 Å². The van der Waals surface area contributed by atoms with Crippen LogP contribution in [0.3, 0.4) is 0 Å². The van der Waals surface area contributed by atoms with Gasteiger partial charge in [0.2, 0.25) is 6.10 Å². The Bertz CT molecular complexity index is 1110. The second-order valence-corrected chi connectivity index (χ2v) is 6.93. The molecule has 3 aromatic rings. The highest BCUT2D eigenvalue weighted by Crippen LogP contribution is 2.30. The van der Waals surface area contributed by atoms with E-state index < -0.39 is 6.10 Å². The van der Waals surface area contributed by atoms with E-state index in [2.05, 4.69) is 15.8 Å². The highest BCUT2D eigenvalue weighted by atomic mass is 16.6. The molecule has 1 aliphatic heterocycles. The molecule has 3 aromatic carbocycles. The Kier molecular flexibility index (Phi) is 5.93. The fraction of sp³-hybridized carbons (Fsp3) is 0.125. The normalized spacial score (nSPS) is 15.1. The summed E-state index contributed by atoms with van der Waals surface area (Å²) in [5, 5.41) is 7.00. The van der Waals surface area contributed by atoms with Crippen molar-refractivity contribution in [3.8, 4) is 11.5 Å². The van der Waals surface area contributed by atoms with Gasteiger partial charge in [-0.25, -0.2) is 5.43 Å². The Morgan fingerprint density at radius 1 is 0.871 bits per heavy atom. The van der Waals surface area contributed by atoms with Gasteiger partial charge < -0.3 is 14.8 Å². The molecule has 0 fully saturated rings. The molecule has 2 N–H and O–H groups in total. The van der Waals surface area contributed by atoms with Crippen molar-refractivity contribution in [2.45, 2.75) is 13.0 Å². The average Bonchev–Trinajstić information content (AvgIpc) is 2.83. The highest BCUT2D eigenvalue weighted by Gasteiger charge is 2.27. The minimum atomic E-state index is -0.776. The Labute approximate surface area is 179 Å². The van der Waals surface area contributed by atoms with Gasteiger partial charge in [0.05, 0.1) is 5.71 Å². The molecule has 0 radical (unpaired) electrons. The van der Waals surface area contributed by atoms with Crippen LogP contribution in [0.2, 0.25) is 0 Å². The molecule has 2 amide bonds. The molecule has 7 nitrogen and oxygen atoms in total. The molecule has 0 unspecified atom stereocenters. The van der Waals surface area contributed by atoms with E-state index in [1.54, 1.807) is 43.3 Å². The van der Waals surface area contributed by atoms with E-state index in [0.29, 0.717) is 28.5 Å². The van der Waals surface area contributed by atoms with Crippen LogP contribution in [0.1, 0.15) is 22.8 Å². The number of rotatable bonds is 5. The summed E-state index contributed by atoms with van der Waals surface area (Å²) in [4.78, 5) is 24.6. The maximum absolute atomic E-state index is 12.4. The maximum atomic E-state index is 12.4. The first-order valence-corrected chi connectivity index (χ1v) is 9.79. The van der Waals surface area contributed by atoms with Crippen LogP contribution in [-0.4, -0.2) is 30.2 Å². The number of para-hydroxylation sites is 2. The predicted molar refractivity (Wildman–Crippen MR) is 118 cm³/mol. The molecule has 1 atom stereocenters. The molecule has 31 heavy (non-hydrogen) atoms. The van der Waals surface area contributed by atoms with Gasteiger partial charge in [0.1, 0.15) is 6.61 Å². The summed E-state index contributed by atoms with van der Waals surface area (Å²) < 4.78 is 11.2. The first-order chi connectivity index (χ1) is 15.1. The minimum Gasteiger partial charge on any atom is -0.485 e. The number of fused-ring (bicyclic) bond motifs is 1. The summed E-state index contributed by atoms with van der Waals surface area (Å²) in [6, 6.07) is 23.4. The molecule has 4 rings (SSSR count). The number of nitrogens with zero attached hydrogens (tertiary/aromatic N) is 1. The van der Waals surface area contributed by atoms with Crippen molar-refractivity contribution in [2.24, 2.45) is 5.10 Å². The van der Waals surface area contributed by atoms with Crippen LogP contribution >= 0.6 is 0 Å². The van der Waals surface area contributed by atoms with Gasteiger partial charge in [-0.3, -0.25) is 9.59 Å². The number of hydrogen-bond donors (Lipinski definition) is 2. The standard InChI is InChI=1S/C24H21N3O4/c1-16(26-27-24(29)22-15-30-20-9-5-6-10-21(20)31-22)17-11-13-19(14-12-17)25-23(28)18-7-3-2-4-8-18/h2-14,22H,15H2,1H3,(H,25,28)(H,27,29)/b26-16-/t22-/m0/s1. The number of carbonyl (C=O) groups is 2.